The number of pyridine rings is 1. The van der Waals surface area contributed by atoms with Gasteiger partial charge in [-0.3, -0.25) is 4.98 Å². The fourth-order valence-corrected chi connectivity index (χ4v) is 0.489. The molecule has 1 rings (SSSR count). The molecule has 1 heterocycles. The van der Waals surface area contributed by atoms with Gasteiger partial charge in [0, 0.05) is 59.3 Å². The summed E-state index contributed by atoms with van der Waals surface area (Å²) in [7, 11) is 0. The van der Waals surface area contributed by atoms with Gasteiger partial charge in [-0.05, 0) is 12.1 Å². The van der Waals surface area contributed by atoms with Crippen LogP contribution in [0.2, 0.25) is 0 Å². The molecule has 0 aromatic carbocycles. The van der Waals surface area contributed by atoms with Crippen LogP contribution >= 0.6 is 0 Å². The first-order valence-electron chi connectivity index (χ1n) is 2.44. The predicted molar refractivity (Wildman–Crippen MR) is 31.2 cm³/mol. The molecule has 4 heteroatoms. The third-order valence-corrected chi connectivity index (χ3v) is 0.908. The molecule has 0 atom stereocenters. The van der Waals surface area contributed by atoms with E-state index >= 15 is 0 Å². The van der Waals surface area contributed by atoms with Gasteiger partial charge in [-0.1, -0.05) is 0 Å². The molecule has 0 amide bonds. The molecule has 0 bridgehead atoms. The molecule has 0 spiro atoms. The van der Waals surface area contributed by atoms with E-state index in [0.717, 1.165) is 0 Å². The van der Waals surface area contributed by atoms with Gasteiger partial charge in [-0.2, -0.15) is 0 Å². The molecule has 3 nitrogen and oxygen atoms in total. The van der Waals surface area contributed by atoms with Gasteiger partial charge in [0.05, 0.1) is 5.56 Å². The minimum Gasteiger partial charge on any atom is -0.478 e. The molecule has 0 radical (unpaired) electrons. The van der Waals surface area contributed by atoms with Crippen LogP contribution in [-0.2, 0) is 0 Å². The molecular formula is C6H5NO2Yb. The molecule has 10 heavy (non-hydrogen) atoms. The fourth-order valence-electron chi connectivity index (χ4n) is 0.489. The topological polar surface area (TPSA) is 50.2 Å². The maximum atomic E-state index is 10.2. The van der Waals surface area contributed by atoms with E-state index in [1.807, 2.05) is 0 Å². The summed E-state index contributed by atoms with van der Waals surface area (Å²) in [6.45, 7) is 0. The predicted octanol–water partition coefficient (Wildman–Crippen LogP) is 0.780. The van der Waals surface area contributed by atoms with E-state index in [9.17, 15) is 4.79 Å². The monoisotopic (exact) mass is 297 g/mol. The Kier molecular flexibility index (Phi) is 4.95. The number of carbonyl (C=O) groups is 1. The summed E-state index contributed by atoms with van der Waals surface area (Å²) in [5.41, 5.74) is 0.220. The van der Waals surface area contributed by atoms with E-state index < -0.39 is 5.97 Å². The molecule has 1 N–H and O–H groups in total. The van der Waals surface area contributed by atoms with Crippen LogP contribution in [0.5, 0.6) is 0 Å². The summed E-state index contributed by atoms with van der Waals surface area (Å²) in [5, 5.41) is 8.34. The zero-order valence-electron chi connectivity index (χ0n) is 4.88. The van der Waals surface area contributed by atoms with Crippen molar-refractivity contribution in [1.82, 2.24) is 4.98 Å². The van der Waals surface area contributed by atoms with Crippen molar-refractivity contribution in [2.75, 3.05) is 0 Å². The molecule has 0 aliphatic heterocycles. The number of hydrogen-bond acceptors (Lipinski definition) is 2. The molecule has 60 valence electrons. The Morgan fingerprint density at radius 2 is 2.30 bits per heavy atom. The van der Waals surface area contributed by atoms with Gasteiger partial charge in [-0.15, -0.1) is 0 Å². The van der Waals surface area contributed by atoms with Crippen LogP contribution in [0.3, 0.4) is 0 Å². The van der Waals surface area contributed by atoms with Crippen molar-refractivity contribution in [3.8, 4) is 0 Å². The van der Waals surface area contributed by atoms with Gasteiger partial charge in [0.25, 0.3) is 0 Å². The third-order valence-electron chi connectivity index (χ3n) is 0.908. The number of hydrogen-bond donors (Lipinski definition) is 1. The van der Waals surface area contributed by atoms with Crippen molar-refractivity contribution >= 4 is 5.97 Å². The Bertz CT molecular complexity index is 212. The number of carboxylic acids is 1. The summed E-state index contributed by atoms with van der Waals surface area (Å²) in [6, 6.07) is 3.08. The number of rotatable bonds is 1. The number of carboxylic acid groups (broad SMARTS) is 1. The van der Waals surface area contributed by atoms with Crippen molar-refractivity contribution in [2.45, 2.75) is 0 Å². The van der Waals surface area contributed by atoms with Crippen molar-refractivity contribution in [1.29, 1.82) is 0 Å². The molecule has 0 fully saturated rings. The van der Waals surface area contributed by atoms with E-state index in [0.29, 0.717) is 0 Å². The minimum atomic E-state index is -0.942. The molecular weight excluding hydrogens is 291 g/mol. The average molecular weight is 296 g/mol. The number of nitrogens with zero attached hydrogens (tertiary/aromatic N) is 1. The van der Waals surface area contributed by atoms with Gasteiger partial charge in [-0.25, -0.2) is 4.79 Å². The van der Waals surface area contributed by atoms with Crippen molar-refractivity contribution < 1.29 is 56.8 Å². The Morgan fingerprint density at radius 3 is 2.60 bits per heavy atom. The molecule has 0 unspecified atom stereocenters. The molecule has 1 aromatic heterocycles. The van der Waals surface area contributed by atoms with Crippen molar-refractivity contribution in [3.05, 3.63) is 30.1 Å². The van der Waals surface area contributed by atoms with Crippen LogP contribution in [-0.4, -0.2) is 16.1 Å². The number of aromatic nitrogens is 1. The van der Waals surface area contributed by atoms with E-state index in [2.05, 4.69) is 4.98 Å². The third kappa shape index (κ3) is 2.82. The van der Waals surface area contributed by atoms with E-state index in [1.165, 1.54) is 18.5 Å². The van der Waals surface area contributed by atoms with Crippen molar-refractivity contribution in [3.63, 3.8) is 0 Å². The minimum absolute atomic E-state index is 0. The van der Waals surface area contributed by atoms with Gasteiger partial charge < -0.3 is 5.11 Å². The van der Waals surface area contributed by atoms with Gasteiger partial charge in [0.1, 0.15) is 0 Å². The molecule has 0 aliphatic carbocycles. The van der Waals surface area contributed by atoms with Crippen LogP contribution in [0.25, 0.3) is 0 Å². The first kappa shape index (κ1) is 10.1. The van der Waals surface area contributed by atoms with Crippen LogP contribution < -0.4 is 0 Å². The van der Waals surface area contributed by atoms with E-state index in [1.54, 1.807) is 6.07 Å². The maximum Gasteiger partial charge on any atom is 0.337 e. The first-order valence-corrected chi connectivity index (χ1v) is 2.44. The molecule has 0 saturated carbocycles. The summed E-state index contributed by atoms with van der Waals surface area (Å²) in [6.07, 6.45) is 2.84. The van der Waals surface area contributed by atoms with E-state index in [-0.39, 0.29) is 52.5 Å². The summed E-state index contributed by atoms with van der Waals surface area (Å²) in [5.74, 6) is -0.942. The molecule has 0 aliphatic rings. The average Bonchev–Trinajstić information content (AvgIpc) is 1.90. The van der Waals surface area contributed by atoms with Gasteiger partial charge in [0.2, 0.25) is 0 Å². The Balaban J connectivity index is 0.000000810. The van der Waals surface area contributed by atoms with Crippen molar-refractivity contribution in [2.24, 2.45) is 0 Å². The second-order valence-electron chi connectivity index (χ2n) is 1.55. The summed E-state index contributed by atoms with van der Waals surface area (Å²) >= 11 is 0. The fraction of sp³-hybridized carbons (Fsp3) is 0. The summed E-state index contributed by atoms with van der Waals surface area (Å²) in [4.78, 5) is 13.8. The Labute approximate surface area is 96.7 Å². The largest absolute Gasteiger partial charge is 0.478 e. The second kappa shape index (κ2) is 4.88. The van der Waals surface area contributed by atoms with Crippen LogP contribution in [0.4, 0.5) is 0 Å². The van der Waals surface area contributed by atoms with Crippen LogP contribution in [0.1, 0.15) is 10.4 Å². The second-order valence-corrected chi connectivity index (χ2v) is 1.55. The smallest absolute Gasteiger partial charge is 0.337 e. The van der Waals surface area contributed by atoms with E-state index in [4.69, 9.17) is 5.11 Å². The van der Waals surface area contributed by atoms with Crippen LogP contribution in [0, 0.1) is 46.9 Å². The first-order chi connectivity index (χ1) is 4.30. The zero-order chi connectivity index (χ0) is 6.69. The number of aromatic carboxylic acids is 1. The Morgan fingerprint density at radius 1 is 1.60 bits per heavy atom. The van der Waals surface area contributed by atoms with Gasteiger partial charge >= 0.3 is 5.97 Å². The van der Waals surface area contributed by atoms with Crippen LogP contribution in [0.15, 0.2) is 24.5 Å². The summed E-state index contributed by atoms with van der Waals surface area (Å²) < 4.78 is 0. The zero-order valence-corrected chi connectivity index (χ0v) is 6.59. The van der Waals surface area contributed by atoms with Gasteiger partial charge in [0.15, 0.2) is 0 Å². The maximum absolute atomic E-state index is 10.2. The molecule has 0 saturated heterocycles. The molecule has 1 aromatic rings. The standard InChI is InChI=1S/C6H5NO2.Yb/c8-6(9)5-2-1-3-7-4-5;/h1-4H,(H,8,9);. The quantitative estimate of drug-likeness (QED) is 0.833. The Hall–Kier alpha value is 0.139. The normalized spacial score (nSPS) is 8.00. The SMILES string of the molecule is O=C(O)c1cccnc1.[Yb].